The second-order valence-corrected chi connectivity index (χ2v) is 6.37. The predicted octanol–water partition coefficient (Wildman–Crippen LogP) is 3.39. The molecule has 4 nitrogen and oxygen atoms in total. The summed E-state index contributed by atoms with van der Waals surface area (Å²) in [6, 6.07) is 9.48. The molecular formula is C17H19N3OS. The molecule has 1 amide bonds. The maximum atomic E-state index is 12.0. The van der Waals surface area contributed by atoms with Gasteiger partial charge in [-0.15, -0.1) is 0 Å². The van der Waals surface area contributed by atoms with Crippen molar-refractivity contribution in [2.45, 2.75) is 37.8 Å². The van der Waals surface area contributed by atoms with Crippen LogP contribution in [-0.4, -0.2) is 21.6 Å². The van der Waals surface area contributed by atoms with Crippen LogP contribution in [0.4, 0.5) is 5.69 Å². The highest BCUT2D eigenvalue weighted by Gasteiger charge is 2.16. The number of thioether (sulfide) groups is 1. The quantitative estimate of drug-likeness (QED) is 0.694. The first-order valence-electron chi connectivity index (χ1n) is 7.56. The first-order valence-corrected chi connectivity index (χ1v) is 8.55. The Kier molecular flexibility index (Phi) is 4.73. The minimum absolute atomic E-state index is 0.0322. The highest BCUT2D eigenvalue weighted by atomic mass is 32.2. The Morgan fingerprint density at radius 1 is 1.18 bits per heavy atom. The first kappa shape index (κ1) is 15.0. The molecule has 0 spiro atoms. The molecule has 2 aromatic rings. The summed E-state index contributed by atoms with van der Waals surface area (Å²) < 4.78 is 0. The maximum Gasteiger partial charge on any atom is 0.234 e. The Bertz CT molecular complexity index is 673. The lowest BCUT2D eigenvalue weighted by molar-refractivity contribution is -0.113. The van der Waals surface area contributed by atoms with Crippen LogP contribution < -0.4 is 5.32 Å². The molecule has 0 saturated carbocycles. The summed E-state index contributed by atoms with van der Waals surface area (Å²) in [5, 5.41) is 3.58. The van der Waals surface area contributed by atoms with Crippen molar-refractivity contribution in [1.29, 1.82) is 0 Å². The third-order valence-corrected chi connectivity index (χ3v) is 4.61. The molecule has 22 heavy (non-hydrogen) atoms. The minimum atomic E-state index is -0.0322. The number of fused-ring (bicyclic) bond motifs is 1. The van der Waals surface area contributed by atoms with Gasteiger partial charge in [0.2, 0.25) is 5.91 Å². The Morgan fingerprint density at radius 2 is 1.95 bits per heavy atom. The maximum absolute atomic E-state index is 12.0. The number of anilines is 1. The van der Waals surface area contributed by atoms with Gasteiger partial charge >= 0.3 is 0 Å². The standard InChI is InChI=1S/C17H19N3OS/c1-12-14-9-5-6-10-15(14)20-17(18-12)22-11-16(21)19-13-7-3-2-4-8-13/h2-4,7-8H,5-6,9-11H2,1H3,(H,19,21). The number of nitrogens with zero attached hydrogens (tertiary/aromatic N) is 2. The summed E-state index contributed by atoms with van der Waals surface area (Å²) in [6.07, 6.45) is 4.54. The highest BCUT2D eigenvalue weighted by Crippen LogP contribution is 2.24. The second kappa shape index (κ2) is 6.92. The van der Waals surface area contributed by atoms with E-state index in [1.165, 1.54) is 35.9 Å². The average molecular weight is 313 g/mol. The molecule has 0 unspecified atom stereocenters. The number of para-hydroxylation sites is 1. The van der Waals surface area contributed by atoms with Crippen LogP contribution in [0.1, 0.15) is 29.8 Å². The number of benzene rings is 1. The molecule has 5 heteroatoms. The molecule has 0 saturated heterocycles. The van der Waals surface area contributed by atoms with Gasteiger partial charge in [-0.25, -0.2) is 9.97 Å². The lowest BCUT2D eigenvalue weighted by Crippen LogP contribution is -2.15. The number of rotatable bonds is 4. The zero-order valence-corrected chi connectivity index (χ0v) is 13.4. The van der Waals surface area contributed by atoms with Crippen LogP contribution in [-0.2, 0) is 17.6 Å². The van der Waals surface area contributed by atoms with Crippen LogP contribution in [0.5, 0.6) is 0 Å². The van der Waals surface area contributed by atoms with Gasteiger partial charge in [-0.2, -0.15) is 0 Å². The van der Waals surface area contributed by atoms with E-state index in [2.05, 4.69) is 15.3 Å². The van der Waals surface area contributed by atoms with Crippen molar-refractivity contribution >= 4 is 23.4 Å². The van der Waals surface area contributed by atoms with Gasteiger partial charge in [0.05, 0.1) is 5.75 Å². The van der Waals surface area contributed by atoms with E-state index >= 15 is 0 Å². The van der Waals surface area contributed by atoms with E-state index in [1.807, 2.05) is 37.3 Å². The number of carbonyl (C=O) groups is 1. The van der Waals surface area contributed by atoms with Crippen molar-refractivity contribution in [3.63, 3.8) is 0 Å². The lowest BCUT2D eigenvalue weighted by Gasteiger charge is -2.17. The summed E-state index contributed by atoms with van der Waals surface area (Å²) in [5.41, 5.74) is 4.36. The van der Waals surface area contributed by atoms with Gasteiger partial charge in [0.15, 0.2) is 5.16 Å². The topological polar surface area (TPSA) is 54.9 Å². The molecule has 1 N–H and O–H groups in total. The number of aromatic nitrogens is 2. The fourth-order valence-corrected chi connectivity index (χ4v) is 3.38. The molecular weight excluding hydrogens is 294 g/mol. The minimum Gasteiger partial charge on any atom is -0.325 e. The largest absolute Gasteiger partial charge is 0.325 e. The van der Waals surface area contributed by atoms with E-state index in [0.717, 1.165) is 24.2 Å². The molecule has 0 radical (unpaired) electrons. The second-order valence-electron chi connectivity index (χ2n) is 5.43. The van der Waals surface area contributed by atoms with E-state index in [9.17, 15) is 4.79 Å². The van der Waals surface area contributed by atoms with Crippen molar-refractivity contribution in [2.24, 2.45) is 0 Å². The highest BCUT2D eigenvalue weighted by molar-refractivity contribution is 7.99. The Hall–Kier alpha value is -1.88. The molecule has 0 atom stereocenters. The lowest BCUT2D eigenvalue weighted by atomic mass is 9.95. The van der Waals surface area contributed by atoms with Gasteiger partial charge in [-0.1, -0.05) is 30.0 Å². The zero-order chi connectivity index (χ0) is 15.4. The molecule has 114 valence electrons. The molecule has 3 rings (SSSR count). The molecule has 1 aliphatic rings. The molecule has 1 aromatic heterocycles. The van der Waals surface area contributed by atoms with Gasteiger partial charge in [0.25, 0.3) is 0 Å². The third-order valence-electron chi connectivity index (χ3n) is 3.76. The van der Waals surface area contributed by atoms with Crippen molar-refractivity contribution in [2.75, 3.05) is 11.1 Å². The van der Waals surface area contributed by atoms with E-state index in [1.54, 1.807) is 0 Å². The van der Waals surface area contributed by atoms with Gasteiger partial charge < -0.3 is 5.32 Å². The molecule has 0 fully saturated rings. The monoisotopic (exact) mass is 313 g/mol. The summed E-state index contributed by atoms with van der Waals surface area (Å²) in [7, 11) is 0. The molecule has 1 aliphatic carbocycles. The van der Waals surface area contributed by atoms with Crippen LogP contribution in [0.3, 0.4) is 0 Å². The molecule has 1 heterocycles. The normalized spacial score (nSPS) is 13.5. The fourth-order valence-electron chi connectivity index (χ4n) is 2.67. The first-order chi connectivity index (χ1) is 10.7. The predicted molar refractivity (Wildman–Crippen MR) is 89.2 cm³/mol. The summed E-state index contributed by atoms with van der Waals surface area (Å²) in [6.45, 7) is 2.04. The average Bonchev–Trinajstić information content (AvgIpc) is 2.54. The van der Waals surface area contributed by atoms with Crippen molar-refractivity contribution < 1.29 is 4.79 Å². The Morgan fingerprint density at radius 3 is 2.77 bits per heavy atom. The van der Waals surface area contributed by atoms with Crippen molar-refractivity contribution in [3.8, 4) is 0 Å². The third kappa shape index (κ3) is 3.65. The van der Waals surface area contributed by atoms with Gasteiger partial charge in [0.1, 0.15) is 0 Å². The van der Waals surface area contributed by atoms with Gasteiger partial charge in [-0.3, -0.25) is 4.79 Å². The Labute approximate surface area is 134 Å². The summed E-state index contributed by atoms with van der Waals surface area (Å²) in [4.78, 5) is 21.1. The fraction of sp³-hybridized carbons (Fsp3) is 0.353. The zero-order valence-electron chi connectivity index (χ0n) is 12.6. The van der Waals surface area contributed by atoms with Crippen LogP contribution in [0.25, 0.3) is 0 Å². The SMILES string of the molecule is Cc1nc(SCC(=O)Nc2ccccc2)nc2c1CCCC2. The summed E-state index contributed by atoms with van der Waals surface area (Å²) >= 11 is 1.40. The van der Waals surface area contributed by atoms with E-state index < -0.39 is 0 Å². The van der Waals surface area contributed by atoms with Gasteiger partial charge in [0, 0.05) is 17.1 Å². The number of amides is 1. The van der Waals surface area contributed by atoms with Crippen LogP contribution in [0.2, 0.25) is 0 Å². The van der Waals surface area contributed by atoms with E-state index in [4.69, 9.17) is 0 Å². The number of hydrogen-bond acceptors (Lipinski definition) is 4. The molecule has 0 aliphatic heterocycles. The number of aryl methyl sites for hydroxylation is 2. The van der Waals surface area contributed by atoms with E-state index in [0.29, 0.717) is 10.9 Å². The van der Waals surface area contributed by atoms with Crippen LogP contribution in [0, 0.1) is 6.92 Å². The van der Waals surface area contributed by atoms with Crippen molar-refractivity contribution in [3.05, 3.63) is 47.3 Å². The smallest absolute Gasteiger partial charge is 0.234 e. The molecule has 0 bridgehead atoms. The molecule has 1 aromatic carbocycles. The number of nitrogens with one attached hydrogen (secondary N) is 1. The summed E-state index contributed by atoms with van der Waals surface area (Å²) in [5.74, 6) is 0.294. The number of hydrogen-bond donors (Lipinski definition) is 1. The van der Waals surface area contributed by atoms with Gasteiger partial charge in [-0.05, 0) is 50.3 Å². The van der Waals surface area contributed by atoms with E-state index in [-0.39, 0.29) is 5.91 Å². The van der Waals surface area contributed by atoms with Crippen molar-refractivity contribution in [1.82, 2.24) is 9.97 Å². The Balaban J connectivity index is 1.62. The van der Waals surface area contributed by atoms with Crippen LogP contribution in [0.15, 0.2) is 35.5 Å². The number of carbonyl (C=O) groups excluding carboxylic acids is 1. The van der Waals surface area contributed by atoms with Crippen LogP contribution >= 0.6 is 11.8 Å².